The first kappa shape index (κ1) is 30.3. The standard InChI is InChI=1S/C30H35O8P/c1-24(30(32)34-21-26-13-6-3-7-14-26)29(38-25(2)31)19-12-20-35-39(33,36-22-27-15-8-4-9-16-27)37-23-28-17-10-5-11-18-28/h3-11,13-18,24,29H,12,19-23H2,1-2H3/t24-,29+/m1/s1. The molecule has 0 unspecified atom stereocenters. The number of hydrogen-bond acceptors (Lipinski definition) is 8. The van der Waals surface area contributed by atoms with Crippen molar-refractivity contribution in [1.82, 2.24) is 0 Å². The van der Waals surface area contributed by atoms with E-state index in [2.05, 4.69) is 0 Å². The van der Waals surface area contributed by atoms with Crippen LogP contribution in [0.5, 0.6) is 0 Å². The molecule has 0 spiro atoms. The van der Waals surface area contributed by atoms with Crippen molar-refractivity contribution in [3.8, 4) is 0 Å². The van der Waals surface area contributed by atoms with Gasteiger partial charge in [0.15, 0.2) is 0 Å². The third kappa shape index (κ3) is 11.2. The minimum absolute atomic E-state index is 0.00437. The molecule has 39 heavy (non-hydrogen) atoms. The van der Waals surface area contributed by atoms with Gasteiger partial charge in [-0.1, -0.05) is 91.0 Å². The zero-order valence-electron chi connectivity index (χ0n) is 22.3. The zero-order chi connectivity index (χ0) is 27.9. The van der Waals surface area contributed by atoms with E-state index in [4.69, 9.17) is 23.0 Å². The highest BCUT2D eigenvalue weighted by Gasteiger charge is 2.30. The molecule has 0 aromatic heterocycles. The number of phosphoric ester groups is 1. The summed E-state index contributed by atoms with van der Waals surface area (Å²) in [6.07, 6.45) is -0.107. The van der Waals surface area contributed by atoms with Gasteiger partial charge >= 0.3 is 19.8 Å². The molecule has 0 aliphatic carbocycles. The van der Waals surface area contributed by atoms with Crippen LogP contribution in [0.2, 0.25) is 0 Å². The maximum Gasteiger partial charge on any atom is 0.475 e. The first-order valence-corrected chi connectivity index (χ1v) is 14.3. The van der Waals surface area contributed by atoms with E-state index in [1.54, 1.807) is 6.92 Å². The van der Waals surface area contributed by atoms with Crippen molar-refractivity contribution in [3.05, 3.63) is 108 Å². The van der Waals surface area contributed by atoms with Crippen molar-refractivity contribution in [2.45, 2.75) is 52.6 Å². The fourth-order valence-electron chi connectivity index (χ4n) is 3.66. The van der Waals surface area contributed by atoms with Gasteiger partial charge in [0.1, 0.15) is 12.7 Å². The second-order valence-electron chi connectivity index (χ2n) is 8.97. The van der Waals surface area contributed by atoms with Gasteiger partial charge in [0, 0.05) is 6.92 Å². The summed E-state index contributed by atoms with van der Waals surface area (Å²) in [7, 11) is -3.92. The average molecular weight is 555 g/mol. The van der Waals surface area contributed by atoms with Gasteiger partial charge < -0.3 is 9.47 Å². The van der Waals surface area contributed by atoms with E-state index in [0.29, 0.717) is 12.8 Å². The molecule has 0 aliphatic rings. The van der Waals surface area contributed by atoms with Crippen molar-refractivity contribution in [2.24, 2.45) is 5.92 Å². The SMILES string of the molecule is CC(=O)O[C@@H](CCCOP(=O)(OCc1ccccc1)OCc1ccccc1)[C@@H](C)C(=O)OCc1ccccc1. The molecule has 0 saturated carbocycles. The normalized spacial score (nSPS) is 12.9. The maximum atomic E-state index is 13.4. The Hall–Kier alpha value is -3.29. The Morgan fingerprint density at radius 2 is 1.18 bits per heavy atom. The number of rotatable bonds is 16. The molecule has 0 heterocycles. The zero-order valence-corrected chi connectivity index (χ0v) is 23.2. The van der Waals surface area contributed by atoms with E-state index in [9.17, 15) is 14.2 Å². The van der Waals surface area contributed by atoms with Crippen molar-refractivity contribution >= 4 is 19.8 Å². The molecule has 0 amide bonds. The molecule has 3 aromatic rings. The Labute approximate surface area is 229 Å². The van der Waals surface area contributed by atoms with E-state index in [-0.39, 0.29) is 26.4 Å². The van der Waals surface area contributed by atoms with Crippen LogP contribution in [-0.4, -0.2) is 24.6 Å². The predicted octanol–water partition coefficient (Wildman–Crippen LogP) is 6.64. The summed E-state index contributed by atoms with van der Waals surface area (Å²) >= 11 is 0. The predicted molar refractivity (Wildman–Crippen MR) is 146 cm³/mol. The highest BCUT2D eigenvalue weighted by molar-refractivity contribution is 7.48. The molecule has 3 rings (SSSR count). The second-order valence-corrected chi connectivity index (χ2v) is 10.6. The van der Waals surface area contributed by atoms with Crippen molar-refractivity contribution in [1.29, 1.82) is 0 Å². The van der Waals surface area contributed by atoms with E-state index < -0.39 is 31.8 Å². The number of benzene rings is 3. The van der Waals surface area contributed by atoms with Crippen LogP contribution < -0.4 is 0 Å². The summed E-state index contributed by atoms with van der Waals surface area (Å²) in [5, 5.41) is 0. The van der Waals surface area contributed by atoms with Crippen molar-refractivity contribution in [3.63, 3.8) is 0 Å². The molecule has 0 bridgehead atoms. The summed E-state index contributed by atoms with van der Waals surface area (Å²) in [6.45, 7) is 3.17. The van der Waals surface area contributed by atoms with Gasteiger partial charge in [-0.3, -0.25) is 23.2 Å². The van der Waals surface area contributed by atoms with Gasteiger partial charge in [-0.25, -0.2) is 4.57 Å². The minimum Gasteiger partial charge on any atom is -0.462 e. The largest absolute Gasteiger partial charge is 0.475 e. The van der Waals surface area contributed by atoms with Gasteiger partial charge in [0.05, 0.1) is 25.7 Å². The summed E-state index contributed by atoms with van der Waals surface area (Å²) in [5.41, 5.74) is 2.50. The monoisotopic (exact) mass is 554 g/mol. The van der Waals surface area contributed by atoms with Gasteiger partial charge in [-0.15, -0.1) is 0 Å². The minimum atomic E-state index is -3.92. The molecular weight excluding hydrogens is 519 g/mol. The van der Waals surface area contributed by atoms with Gasteiger partial charge in [-0.05, 0) is 36.5 Å². The first-order valence-electron chi connectivity index (χ1n) is 12.8. The number of phosphoric acid groups is 1. The maximum absolute atomic E-state index is 13.4. The number of hydrogen-bond donors (Lipinski definition) is 0. The number of esters is 2. The van der Waals surface area contributed by atoms with Crippen LogP contribution in [0.25, 0.3) is 0 Å². The van der Waals surface area contributed by atoms with Crippen LogP contribution in [-0.2, 0) is 57.0 Å². The Balaban J connectivity index is 1.55. The van der Waals surface area contributed by atoms with Crippen molar-refractivity contribution < 1.29 is 37.2 Å². The quantitative estimate of drug-likeness (QED) is 0.110. The van der Waals surface area contributed by atoms with E-state index >= 15 is 0 Å². The Kier molecular flexibility index (Phi) is 12.4. The molecule has 0 N–H and O–H groups in total. The highest BCUT2D eigenvalue weighted by atomic mass is 31.2. The average Bonchev–Trinajstić information content (AvgIpc) is 2.96. The van der Waals surface area contributed by atoms with Crippen LogP contribution in [0.3, 0.4) is 0 Å². The van der Waals surface area contributed by atoms with Gasteiger partial charge in [-0.2, -0.15) is 0 Å². The van der Waals surface area contributed by atoms with Crippen LogP contribution >= 0.6 is 7.82 Å². The van der Waals surface area contributed by atoms with Crippen LogP contribution in [0.4, 0.5) is 0 Å². The number of carbonyl (C=O) groups excluding carboxylic acids is 2. The van der Waals surface area contributed by atoms with E-state index in [1.807, 2.05) is 91.0 Å². The lowest BCUT2D eigenvalue weighted by molar-refractivity contribution is -0.161. The molecule has 2 atom stereocenters. The summed E-state index contributed by atoms with van der Waals surface area (Å²) in [6, 6.07) is 27.9. The van der Waals surface area contributed by atoms with Crippen molar-refractivity contribution in [2.75, 3.05) is 6.61 Å². The lowest BCUT2D eigenvalue weighted by atomic mass is 10.0. The van der Waals surface area contributed by atoms with Crippen LogP contribution in [0, 0.1) is 5.92 Å². The fraction of sp³-hybridized carbons (Fsp3) is 0.333. The Morgan fingerprint density at radius 3 is 1.64 bits per heavy atom. The van der Waals surface area contributed by atoms with Crippen LogP contribution in [0.15, 0.2) is 91.0 Å². The molecule has 8 nitrogen and oxygen atoms in total. The van der Waals surface area contributed by atoms with Crippen LogP contribution in [0.1, 0.15) is 43.4 Å². The molecule has 0 aliphatic heterocycles. The summed E-state index contributed by atoms with van der Waals surface area (Å²) in [5.74, 6) is -1.69. The van der Waals surface area contributed by atoms with E-state index in [1.165, 1.54) is 6.92 Å². The summed E-state index contributed by atoms with van der Waals surface area (Å²) in [4.78, 5) is 24.3. The van der Waals surface area contributed by atoms with E-state index in [0.717, 1.165) is 16.7 Å². The Bertz CT molecular complexity index is 1140. The highest BCUT2D eigenvalue weighted by Crippen LogP contribution is 2.51. The third-order valence-corrected chi connectivity index (χ3v) is 7.21. The molecule has 208 valence electrons. The first-order chi connectivity index (χ1) is 18.8. The summed E-state index contributed by atoms with van der Waals surface area (Å²) < 4.78 is 41.1. The van der Waals surface area contributed by atoms with Gasteiger partial charge in [0.25, 0.3) is 0 Å². The molecular formula is C30H35O8P. The smallest absolute Gasteiger partial charge is 0.462 e. The Morgan fingerprint density at radius 1 is 0.718 bits per heavy atom. The lowest BCUT2D eigenvalue weighted by Gasteiger charge is -2.23. The molecule has 0 fully saturated rings. The third-order valence-electron chi connectivity index (χ3n) is 5.82. The second kappa shape index (κ2) is 16.0. The van der Waals surface area contributed by atoms with Gasteiger partial charge in [0.2, 0.25) is 0 Å². The topological polar surface area (TPSA) is 97.4 Å². The fourth-order valence-corrected chi connectivity index (χ4v) is 4.86. The molecule has 3 aromatic carbocycles. The molecule has 0 radical (unpaired) electrons. The number of ether oxygens (including phenoxy) is 2. The lowest BCUT2D eigenvalue weighted by Crippen LogP contribution is -2.31. The molecule has 9 heteroatoms. The molecule has 0 saturated heterocycles. The number of carbonyl (C=O) groups is 2.